The van der Waals surface area contributed by atoms with Crippen LogP contribution in [-0.4, -0.2) is 43.3 Å². The Kier molecular flexibility index (Phi) is 6.56. The molecule has 1 rings (SSSR count). The molecule has 0 N–H and O–H groups in total. The van der Waals surface area contributed by atoms with Gasteiger partial charge in [0.25, 0.3) is 6.43 Å². The quantitative estimate of drug-likeness (QED) is 0.723. The van der Waals surface area contributed by atoms with Gasteiger partial charge in [-0.2, -0.15) is 0 Å². The summed E-state index contributed by atoms with van der Waals surface area (Å²) >= 11 is 5.51. The summed E-state index contributed by atoms with van der Waals surface area (Å²) in [5.74, 6) is 0.466. The highest BCUT2D eigenvalue weighted by Gasteiger charge is 2.17. The van der Waals surface area contributed by atoms with Crippen molar-refractivity contribution in [2.45, 2.75) is 12.8 Å². The van der Waals surface area contributed by atoms with E-state index in [1.165, 1.54) is 0 Å². The van der Waals surface area contributed by atoms with Crippen LogP contribution in [0.1, 0.15) is 5.56 Å². The summed E-state index contributed by atoms with van der Waals surface area (Å²) in [5.41, 5.74) is 0.750. The summed E-state index contributed by atoms with van der Waals surface area (Å²) in [6.07, 6.45) is -2.48. The first-order valence-electron chi connectivity index (χ1n) is 5.81. The van der Waals surface area contributed by atoms with Gasteiger partial charge in [-0.3, -0.25) is 4.79 Å². The fraction of sp³-hybridized carbons (Fsp3) is 0.462. The molecule has 6 heteroatoms. The fourth-order valence-electron chi connectivity index (χ4n) is 1.62. The number of rotatable bonds is 7. The summed E-state index contributed by atoms with van der Waals surface area (Å²) in [7, 11) is 1.55. The number of carbonyl (C=O) groups is 1. The molecule has 1 amide bonds. The number of methoxy groups -OCH3 is 1. The van der Waals surface area contributed by atoms with Crippen LogP contribution >= 0.6 is 11.6 Å². The molecule has 0 aliphatic heterocycles. The maximum atomic E-state index is 12.4. The second kappa shape index (κ2) is 7.94. The topological polar surface area (TPSA) is 29.5 Å². The summed E-state index contributed by atoms with van der Waals surface area (Å²) in [6.45, 7) is -0.456. The minimum atomic E-state index is -2.55. The van der Waals surface area contributed by atoms with Gasteiger partial charge in [-0.15, -0.1) is 11.6 Å². The molecule has 0 bridgehead atoms. The van der Waals surface area contributed by atoms with Crippen molar-refractivity contribution in [1.82, 2.24) is 4.90 Å². The fourth-order valence-corrected chi connectivity index (χ4v) is 1.82. The molecule has 106 valence electrons. The van der Waals surface area contributed by atoms with Crippen LogP contribution in [0.5, 0.6) is 5.75 Å². The van der Waals surface area contributed by atoms with Gasteiger partial charge in [0, 0.05) is 12.4 Å². The van der Waals surface area contributed by atoms with E-state index in [9.17, 15) is 13.6 Å². The van der Waals surface area contributed by atoms with E-state index in [2.05, 4.69) is 0 Å². The smallest absolute Gasteiger partial charge is 0.255 e. The summed E-state index contributed by atoms with van der Waals surface area (Å²) in [4.78, 5) is 13.0. The molecule has 0 saturated carbocycles. The Morgan fingerprint density at radius 2 is 2.00 bits per heavy atom. The Bertz CT molecular complexity index is 398. The molecule has 3 nitrogen and oxygen atoms in total. The monoisotopic (exact) mass is 291 g/mol. The minimum absolute atomic E-state index is 0.0770. The normalized spacial score (nSPS) is 10.6. The molecule has 0 aromatic heterocycles. The first kappa shape index (κ1) is 15.7. The molecule has 1 aromatic carbocycles. The third-order valence-electron chi connectivity index (χ3n) is 2.58. The summed E-state index contributed by atoms with van der Waals surface area (Å²) < 4.78 is 29.7. The van der Waals surface area contributed by atoms with Crippen molar-refractivity contribution in [3.8, 4) is 5.75 Å². The Balaban J connectivity index is 2.63. The molecule has 0 aliphatic rings. The van der Waals surface area contributed by atoms with Crippen LogP contribution < -0.4 is 4.74 Å². The maximum absolute atomic E-state index is 12.4. The standard InChI is InChI=1S/C13H16ClF2NO2/c1-19-11-4-2-10(3-5-11)8-13(18)17(7-6-14)9-12(15)16/h2-5,12H,6-9H2,1H3. The zero-order valence-electron chi connectivity index (χ0n) is 10.6. The number of ether oxygens (including phenoxy) is 1. The van der Waals surface area contributed by atoms with Crippen molar-refractivity contribution in [1.29, 1.82) is 0 Å². The van der Waals surface area contributed by atoms with E-state index in [0.717, 1.165) is 10.5 Å². The van der Waals surface area contributed by atoms with Crippen LogP contribution in [0.2, 0.25) is 0 Å². The maximum Gasteiger partial charge on any atom is 0.255 e. The van der Waals surface area contributed by atoms with E-state index in [-0.39, 0.29) is 24.8 Å². The molecule has 0 spiro atoms. The Hall–Kier alpha value is -1.36. The first-order chi connectivity index (χ1) is 9.06. The van der Waals surface area contributed by atoms with Gasteiger partial charge in [0.2, 0.25) is 5.91 Å². The molecule has 0 fully saturated rings. The van der Waals surface area contributed by atoms with E-state index in [0.29, 0.717) is 5.75 Å². The number of alkyl halides is 3. The lowest BCUT2D eigenvalue weighted by Gasteiger charge is -2.21. The third-order valence-corrected chi connectivity index (χ3v) is 2.75. The van der Waals surface area contributed by atoms with E-state index in [4.69, 9.17) is 16.3 Å². The summed E-state index contributed by atoms with van der Waals surface area (Å²) in [5, 5.41) is 0. The van der Waals surface area contributed by atoms with Gasteiger partial charge in [0.05, 0.1) is 20.1 Å². The van der Waals surface area contributed by atoms with Crippen LogP contribution in [0.25, 0.3) is 0 Å². The van der Waals surface area contributed by atoms with Gasteiger partial charge in [0.15, 0.2) is 0 Å². The van der Waals surface area contributed by atoms with Crippen LogP contribution in [0.3, 0.4) is 0 Å². The van der Waals surface area contributed by atoms with Crippen LogP contribution in [0.4, 0.5) is 8.78 Å². The number of benzene rings is 1. The van der Waals surface area contributed by atoms with Crippen molar-refractivity contribution in [2.75, 3.05) is 26.1 Å². The minimum Gasteiger partial charge on any atom is -0.497 e. The lowest BCUT2D eigenvalue weighted by atomic mass is 10.1. The van der Waals surface area contributed by atoms with Crippen LogP contribution in [0, 0.1) is 0 Å². The third kappa shape index (κ3) is 5.42. The van der Waals surface area contributed by atoms with E-state index < -0.39 is 13.0 Å². The second-order valence-corrected chi connectivity index (χ2v) is 4.32. The SMILES string of the molecule is COc1ccc(CC(=O)N(CCCl)CC(F)F)cc1. The molecule has 0 unspecified atom stereocenters. The Morgan fingerprint density at radius 3 is 2.47 bits per heavy atom. The number of hydrogen-bond acceptors (Lipinski definition) is 2. The predicted octanol–water partition coefficient (Wildman–Crippen LogP) is 2.57. The lowest BCUT2D eigenvalue weighted by Crippen LogP contribution is -2.37. The predicted molar refractivity (Wildman–Crippen MR) is 70.0 cm³/mol. The Labute approximate surface area is 116 Å². The van der Waals surface area contributed by atoms with Gasteiger partial charge in [0.1, 0.15) is 5.75 Å². The van der Waals surface area contributed by atoms with Gasteiger partial charge in [-0.1, -0.05) is 12.1 Å². The zero-order valence-corrected chi connectivity index (χ0v) is 11.4. The van der Waals surface area contributed by atoms with Crippen molar-refractivity contribution in [2.24, 2.45) is 0 Å². The van der Waals surface area contributed by atoms with Gasteiger partial charge >= 0.3 is 0 Å². The lowest BCUT2D eigenvalue weighted by molar-refractivity contribution is -0.132. The number of amides is 1. The molecular weight excluding hydrogens is 276 g/mol. The number of hydrogen-bond donors (Lipinski definition) is 0. The largest absolute Gasteiger partial charge is 0.497 e. The molecule has 1 aromatic rings. The molecule has 19 heavy (non-hydrogen) atoms. The number of nitrogens with zero attached hydrogens (tertiary/aromatic N) is 1. The molecule has 0 heterocycles. The zero-order chi connectivity index (χ0) is 14.3. The highest BCUT2D eigenvalue weighted by molar-refractivity contribution is 6.18. The van der Waals surface area contributed by atoms with Crippen molar-refractivity contribution in [3.05, 3.63) is 29.8 Å². The van der Waals surface area contributed by atoms with Gasteiger partial charge in [-0.05, 0) is 17.7 Å². The molecular formula is C13H16ClF2NO2. The van der Waals surface area contributed by atoms with Crippen molar-refractivity contribution in [3.63, 3.8) is 0 Å². The molecule has 0 aliphatic carbocycles. The number of halogens is 3. The molecule has 0 radical (unpaired) electrons. The highest BCUT2D eigenvalue weighted by atomic mass is 35.5. The highest BCUT2D eigenvalue weighted by Crippen LogP contribution is 2.13. The van der Waals surface area contributed by atoms with Gasteiger partial charge < -0.3 is 9.64 Å². The van der Waals surface area contributed by atoms with Crippen molar-refractivity contribution < 1.29 is 18.3 Å². The van der Waals surface area contributed by atoms with E-state index in [1.807, 2.05) is 0 Å². The van der Waals surface area contributed by atoms with Crippen molar-refractivity contribution >= 4 is 17.5 Å². The van der Waals surface area contributed by atoms with E-state index >= 15 is 0 Å². The second-order valence-electron chi connectivity index (χ2n) is 3.94. The average Bonchev–Trinajstić information content (AvgIpc) is 2.38. The van der Waals surface area contributed by atoms with Crippen LogP contribution in [0.15, 0.2) is 24.3 Å². The average molecular weight is 292 g/mol. The van der Waals surface area contributed by atoms with Crippen LogP contribution in [-0.2, 0) is 11.2 Å². The number of carbonyl (C=O) groups excluding carboxylic acids is 1. The van der Waals surface area contributed by atoms with E-state index in [1.54, 1.807) is 31.4 Å². The molecule has 0 saturated heterocycles. The first-order valence-corrected chi connectivity index (χ1v) is 6.35. The summed E-state index contributed by atoms with van der Waals surface area (Å²) in [6, 6.07) is 6.92. The van der Waals surface area contributed by atoms with Gasteiger partial charge in [-0.25, -0.2) is 8.78 Å². The molecule has 0 atom stereocenters. The Morgan fingerprint density at radius 1 is 1.37 bits per heavy atom.